The summed E-state index contributed by atoms with van der Waals surface area (Å²) in [5, 5.41) is 2.65. The van der Waals surface area contributed by atoms with Gasteiger partial charge in [0.25, 0.3) is 0 Å². The highest BCUT2D eigenvalue weighted by Gasteiger charge is 2.13. The summed E-state index contributed by atoms with van der Waals surface area (Å²) in [4.78, 5) is 23.2. The number of benzene rings is 2. The lowest BCUT2D eigenvalue weighted by molar-refractivity contribution is -0.114. The Hall–Kier alpha value is -2.66. The first-order valence-electron chi connectivity index (χ1n) is 6.77. The Bertz CT molecular complexity index is 665. The van der Waals surface area contributed by atoms with Crippen molar-refractivity contribution in [3.05, 3.63) is 59.7 Å². The maximum absolute atomic E-state index is 12.2. The quantitative estimate of drug-likeness (QED) is 0.681. The van der Waals surface area contributed by atoms with Gasteiger partial charge in [0.05, 0.1) is 12.2 Å². The topological polar surface area (TPSA) is 64.6 Å². The molecule has 1 amide bonds. The lowest BCUT2D eigenvalue weighted by Crippen LogP contribution is -2.12. The lowest BCUT2D eigenvalue weighted by atomic mass is 10.1. The van der Waals surface area contributed by atoms with Gasteiger partial charge in [-0.2, -0.15) is 0 Å². The second-order valence-corrected chi connectivity index (χ2v) is 4.69. The van der Waals surface area contributed by atoms with Gasteiger partial charge in [-0.25, -0.2) is 4.79 Å². The van der Waals surface area contributed by atoms with Gasteiger partial charge in [-0.05, 0) is 35.9 Å². The van der Waals surface area contributed by atoms with Crippen LogP contribution in [-0.2, 0) is 16.1 Å². The molecule has 114 valence electrons. The maximum Gasteiger partial charge on any atom is 0.343 e. The smallest absolute Gasteiger partial charge is 0.343 e. The number of esters is 1. The zero-order chi connectivity index (χ0) is 15.9. The van der Waals surface area contributed by atoms with Crippen LogP contribution in [0.2, 0.25) is 0 Å². The van der Waals surface area contributed by atoms with Crippen LogP contribution < -0.4 is 10.1 Å². The molecule has 0 radical (unpaired) electrons. The van der Waals surface area contributed by atoms with Crippen molar-refractivity contribution in [3.63, 3.8) is 0 Å². The van der Waals surface area contributed by atoms with Gasteiger partial charge in [0, 0.05) is 19.7 Å². The summed E-state index contributed by atoms with van der Waals surface area (Å²) in [7, 11) is 1.57. The van der Waals surface area contributed by atoms with E-state index in [1.165, 1.54) is 6.92 Å². The van der Waals surface area contributed by atoms with E-state index in [2.05, 4.69) is 5.32 Å². The third kappa shape index (κ3) is 4.17. The van der Waals surface area contributed by atoms with Gasteiger partial charge in [0.2, 0.25) is 5.91 Å². The van der Waals surface area contributed by atoms with E-state index in [1.807, 2.05) is 12.1 Å². The number of carbonyl (C=O) groups is 2. The molecule has 0 spiro atoms. The Labute approximate surface area is 128 Å². The highest BCUT2D eigenvalue weighted by molar-refractivity contribution is 5.93. The molecule has 0 fully saturated rings. The van der Waals surface area contributed by atoms with E-state index < -0.39 is 5.97 Å². The molecule has 0 saturated heterocycles. The second-order valence-electron chi connectivity index (χ2n) is 4.69. The van der Waals surface area contributed by atoms with Gasteiger partial charge < -0.3 is 14.8 Å². The van der Waals surface area contributed by atoms with Gasteiger partial charge in [0.1, 0.15) is 5.75 Å². The predicted octanol–water partition coefficient (Wildman–Crippen LogP) is 3.01. The fourth-order valence-electron chi connectivity index (χ4n) is 1.97. The number of amides is 1. The van der Waals surface area contributed by atoms with Crippen LogP contribution in [0.1, 0.15) is 22.8 Å². The van der Waals surface area contributed by atoms with Crippen LogP contribution in [0.5, 0.6) is 5.75 Å². The number of ether oxygens (including phenoxy) is 2. The summed E-state index contributed by atoms with van der Waals surface area (Å²) >= 11 is 0. The molecule has 0 atom stereocenters. The molecule has 0 bridgehead atoms. The molecule has 2 rings (SSSR count). The minimum atomic E-state index is -0.445. The summed E-state index contributed by atoms with van der Waals surface area (Å²) in [6.45, 7) is 1.77. The fraction of sp³-hybridized carbons (Fsp3) is 0.176. The number of rotatable bonds is 5. The van der Waals surface area contributed by atoms with Crippen LogP contribution in [0, 0.1) is 0 Å². The Morgan fingerprint density at radius 1 is 1.05 bits per heavy atom. The van der Waals surface area contributed by atoms with Crippen molar-refractivity contribution in [1.29, 1.82) is 0 Å². The van der Waals surface area contributed by atoms with E-state index in [4.69, 9.17) is 9.47 Å². The molecule has 2 aromatic rings. The van der Waals surface area contributed by atoms with Gasteiger partial charge in [-0.1, -0.05) is 18.2 Å². The molecular weight excluding hydrogens is 282 g/mol. The molecule has 1 N–H and O–H groups in total. The summed E-state index contributed by atoms with van der Waals surface area (Å²) in [5.41, 5.74) is 1.88. The molecule has 0 aliphatic carbocycles. The zero-order valence-electron chi connectivity index (χ0n) is 12.5. The molecule has 22 heavy (non-hydrogen) atoms. The van der Waals surface area contributed by atoms with E-state index in [-0.39, 0.29) is 5.91 Å². The molecule has 0 unspecified atom stereocenters. The molecular formula is C17H17NO4. The largest absolute Gasteiger partial charge is 0.423 e. The summed E-state index contributed by atoms with van der Waals surface area (Å²) in [6.07, 6.45) is 0. The normalized spacial score (nSPS) is 10.1. The van der Waals surface area contributed by atoms with E-state index in [0.29, 0.717) is 23.6 Å². The molecule has 5 heteroatoms. The van der Waals surface area contributed by atoms with Gasteiger partial charge in [0.15, 0.2) is 0 Å². The molecule has 0 saturated carbocycles. The average molecular weight is 299 g/mol. The summed E-state index contributed by atoms with van der Waals surface area (Å²) < 4.78 is 10.4. The standard InChI is InChI=1S/C17H17NO4/c1-12(19)18-14-7-9-15(10-8-14)22-17(20)16-6-4-3-5-13(16)11-21-2/h3-10H,11H2,1-2H3,(H,18,19). The van der Waals surface area contributed by atoms with Crippen LogP contribution >= 0.6 is 0 Å². The number of carbonyl (C=O) groups excluding carboxylic acids is 2. The van der Waals surface area contributed by atoms with Crippen LogP contribution in [0.25, 0.3) is 0 Å². The SMILES string of the molecule is COCc1ccccc1C(=O)Oc1ccc(NC(C)=O)cc1. The minimum Gasteiger partial charge on any atom is -0.423 e. The summed E-state index contributed by atoms with van der Waals surface area (Å²) in [5.74, 6) is -0.190. The molecule has 5 nitrogen and oxygen atoms in total. The first-order valence-corrected chi connectivity index (χ1v) is 6.77. The van der Waals surface area contributed by atoms with Crippen molar-refractivity contribution >= 4 is 17.6 Å². The van der Waals surface area contributed by atoms with Crippen molar-refractivity contribution in [1.82, 2.24) is 0 Å². The minimum absolute atomic E-state index is 0.154. The van der Waals surface area contributed by atoms with E-state index >= 15 is 0 Å². The number of hydrogen-bond donors (Lipinski definition) is 1. The second kappa shape index (κ2) is 7.38. The Kier molecular flexibility index (Phi) is 5.27. The fourth-order valence-corrected chi connectivity index (χ4v) is 1.97. The van der Waals surface area contributed by atoms with Crippen molar-refractivity contribution in [2.75, 3.05) is 12.4 Å². The van der Waals surface area contributed by atoms with Crippen LogP contribution in [-0.4, -0.2) is 19.0 Å². The maximum atomic E-state index is 12.2. The first-order chi connectivity index (χ1) is 10.6. The molecule has 0 aliphatic rings. The van der Waals surface area contributed by atoms with Crippen molar-refractivity contribution < 1.29 is 19.1 Å². The predicted molar refractivity (Wildman–Crippen MR) is 82.9 cm³/mol. The highest BCUT2D eigenvalue weighted by Crippen LogP contribution is 2.18. The Morgan fingerprint density at radius 2 is 1.73 bits per heavy atom. The monoisotopic (exact) mass is 299 g/mol. The molecule has 0 heterocycles. The number of hydrogen-bond acceptors (Lipinski definition) is 4. The van der Waals surface area contributed by atoms with Crippen LogP contribution in [0.3, 0.4) is 0 Å². The van der Waals surface area contributed by atoms with Crippen LogP contribution in [0.15, 0.2) is 48.5 Å². The molecule has 0 aliphatic heterocycles. The van der Waals surface area contributed by atoms with E-state index in [9.17, 15) is 9.59 Å². The van der Waals surface area contributed by atoms with Crippen molar-refractivity contribution in [3.8, 4) is 5.75 Å². The Morgan fingerprint density at radius 3 is 2.36 bits per heavy atom. The Balaban J connectivity index is 2.10. The van der Waals surface area contributed by atoms with Crippen LogP contribution in [0.4, 0.5) is 5.69 Å². The zero-order valence-corrected chi connectivity index (χ0v) is 12.5. The van der Waals surface area contributed by atoms with Gasteiger partial charge in [-0.3, -0.25) is 4.79 Å². The lowest BCUT2D eigenvalue weighted by Gasteiger charge is -2.09. The number of nitrogens with one attached hydrogen (secondary N) is 1. The van der Waals surface area contributed by atoms with Crippen molar-refractivity contribution in [2.45, 2.75) is 13.5 Å². The van der Waals surface area contributed by atoms with Gasteiger partial charge >= 0.3 is 5.97 Å². The average Bonchev–Trinajstić information content (AvgIpc) is 2.49. The molecule has 0 aromatic heterocycles. The highest BCUT2D eigenvalue weighted by atomic mass is 16.5. The van der Waals surface area contributed by atoms with E-state index in [1.54, 1.807) is 43.5 Å². The number of anilines is 1. The third-order valence-corrected chi connectivity index (χ3v) is 2.92. The van der Waals surface area contributed by atoms with Gasteiger partial charge in [-0.15, -0.1) is 0 Å². The van der Waals surface area contributed by atoms with E-state index in [0.717, 1.165) is 5.56 Å². The van der Waals surface area contributed by atoms with Crippen molar-refractivity contribution in [2.24, 2.45) is 0 Å². The number of methoxy groups -OCH3 is 1. The third-order valence-electron chi connectivity index (χ3n) is 2.92. The first kappa shape index (κ1) is 15.7. The summed E-state index contributed by atoms with van der Waals surface area (Å²) in [6, 6.07) is 13.7. The molecule has 2 aromatic carbocycles.